The van der Waals surface area contributed by atoms with Crippen LogP contribution in [-0.4, -0.2) is 8.42 Å². The summed E-state index contributed by atoms with van der Waals surface area (Å²) in [5.74, 6) is -0.672. The Bertz CT molecular complexity index is 446. The van der Waals surface area contributed by atoms with Crippen LogP contribution in [0.4, 0.5) is 4.39 Å². The number of rotatable bonds is 1. The van der Waals surface area contributed by atoms with Crippen molar-refractivity contribution < 1.29 is 12.8 Å². The van der Waals surface area contributed by atoms with E-state index in [1.165, 1.54) is 0 Å². The minimum Gasteiger partial charge on any atom is -0.207 e. The number of hydrogen-bond acceptors (Lipinski definition) is 2. The molecule has 0 aromatic heterocycles. The van der Waals surface area contributed by atoms with Gasteiger partial charge in [-0.15, -0.1) is 0 Å². The lowest BCUT2D eigenvalue weighted by Crippen LogP contribution is -1.94. The molecular weight excluding hydrogens is 350 g/mol. The first-order valence-electron chi connectivity index (χ1n) is 2.91. The highest BCUT2D eigenvalue weighted by atomic mass is 79.9. The molecule has 0 unspecified atom stereocenters. The van der Waals surface area contributed by atoms with Crippen molar-refractivity contribution >= 4 is 51.6 Å². The first kappa shape index (κ1) is 11.4. The SMILES string of the molecule is O=S(=O)(Cl)c1cc(F)cc(Br)c1Br. The van der Waals surface area contributed by atoms with Gasteiger partial charge in [0.1, 0.15) is 10.7 Å². The zero-order valence-corrected chi connectivity index (χ0v) is 10.6. The summed E-state index contributed by atoms with van der Waals surface area (Å²) in [5.41, 5.74) is 0. The molecule has 0 aliphatic carbocycles. The zero-order chi connectivity index (χ0) is 10.2. The summed E-state index contributed by atoms with van der Waals surface area (Å²) in [6, 6.07) is 1.98. The van der Waals surface area contributed by atoms with Crippen LogP contribution in [0.3, 0.4) is 0 Å². The lowest BCUT2D eigenvalue weighted by atomic mass is 10.3. The van der Waals surface area contributed by atoms with Crippen LogP contribution < -0.4 is 0 Å². The molecular formula is C6H2Br2ClFO2S. The number of halogens is 4. The van der Waals surface area contributed by atoms with E-state index in [0.717, 1.165) is 12.1 Å². The maximum Gasteiger partial charge on any atom is 0.262 e. The fourth-order valence-electron chi connectivity index (χ4n) is 0.710. The van der Waals surface area contributed by atoms with Crippen molar-refractivity contribution in [3.8, 4) is 0 Å². The molecule has 7 heteroatoms. The smallest absolute Gasteiger partial charge is 0.207 e. The highest BCUT2D eigenvalue weighted by Crippen LogP contribution is 2.32. The van der Waals surface area contributed by atoms with Crippen LogP contribution in [0.1, 0.15) is 0 Å². The average molecular weight is 352 g/mol. The predicted octanol–water partition coefficient (Wildman–Crippen LogP) is 3.28. The van der Waals surface area contributed by atoms with Gasteiger partial charge in [-0.05, 0) is 44.0 Å². The lowest BCUT2D eigenvalue weighted by Gasteiger charge is -2.02. The summed E-state index contributed by atoms with van der Waals surface area (Å²) in [6.07, 6.45) is 0. The standard InChI is InChI=1S/C6H2Br2ClFO2S/c7-4-1-3(10)2-5(6(4)8)13(9,11)12/h1-2H. The lowest BCUT2D eigenvalue weighted by molar-refractivity contribution is 0.601. The summed E-state index contributed by atoms with van der Waals surface area (Å²) in [4.78, 5) is -0.291. The van der Waals surface area contributed by atoms with Gasteiger partial charge >= 0.3 is 0 Å². The molecule has 2 nitrogen and oxygen atoms in total. The monoisotopic (exact) mass is 350 g/mol. The van der Waals surface area contributed by atoms with Crippen LogP contribution in [0.25, 0.3) is 0 Å². The van der Waals surface area contributed by atoms with Crippen LogP contribution in [0.15, 0.2) is 26.0 Å². The number of hydrogen-bond donors (Lipinski definition) is 0. The molecule has 0 bridgehead atoms. The molecule has 1 aromatic carbocycles. The fraction of sp³-hybridized carbons (Fsp3) is 0. The van der Waals surface area contributed by atoms with Crippen LogP contribution in [0.5, 0.6) is 0 Å². The van der Waals surface area contributed by atoms with Crippen molar-refractivity contribution in [2.45, 2.75) is 4.90 Å². The van der Waals surface area contributed by atoms with Crippen LogP contribution in [0, 0.1) is 5.82 Å². The second kappa shape index (κ2) is 3.84. The largest absolute Gasteiger partial charge is 0.262 e. The Morgan fingerprint density at radius 3 is 2.31 bits per heavy atom. The van der Waals surface area contributed by atoms with Gasteiger partial charge in [0.25, 0.3) is 9.05 Å². The molecule has 72 valence electrons. The van der Waals surface area contributed by atoms with E-state index in [2.05, 4.69) is 31.9 Å². The summed E-state index contributed by atoms with van der Waals surface area (Å²) < 4.78 is 35.1. The minimum atomic E-state index is -3.92. The molecule has 1 rings (SSSR count). The Morgan fingerprint density at radius 1 is 1.31 bits per heavy atom. The Kier molecular flexibility index (Phi) is 3.38. The van der Waals surface area contributed by atoms with Crippen LogP contribution in [0.2, 0.25) is 0 Å². The molecule has 0 radical (unpaired) electrons. The molecule has 0 aliphatic heterocycles. The van der Waals surface area contributed by atoms with E-state index in [1.807, 2.05) is 0 Å². The van der Waals surface area contributed by atoms with E-state index < -0.39 is 14.9 Å². The molecule has 0 amide bonds. The second-order valence-electron chi connectivity index (χ2n) is 2.14. The molecule has 0 fully saturated rings. The van der Waals surface area contributed by atoms with Gasteiger partial charge in [-0.2, -0.15) is 0 Å². The Hall–Kier alpha value is 0.350. The Balaban J connectivity index is 3.56. The third-order valence-electron chi connectivity index (χ3n) is 1.22. The first-order valence-corrected chi connectivity index (χ1v) is 6.81. The highest BCUT2D eigenvalue weighted by Gasteiger charge is 2.17. The zero-order valence-electron chi connectivity index (χ0n) is 5.89. The summed E-state index contributed by atoms with van der Waals surface area (Å²) in [6.45, 7) is 0. The summed E-state index contributed by atoms with van der Waals surface area (Å²) >= 11 is 5.95. The van der Waals surface area contributed by atoms with Gasteiger partial charge in [-0.1, -0.05) is 0 Å². The van der Waals surface area contributed by atoms with E-state index in [4.69, 9.17) is 10.7 Å². The van der Waals surface area contributed by atoms with E-state index in [1.54, 1.807) is 0 Å². The van der Waals surface area contributed by atoms with Crippen molar-refractivity contribution in [3.63, 3.8) is 0 Å². The van der Waals surface area contributed by atoms with Gasteiger partial charge in [0.05, 0.1) is 4.47 Å². The average Bonchev–Trinajstić information content (AvgIpc) is 1.94. The van der Waals surface area contributed by atoms with Gasteiger partial charge in [-0.3, -0.25) is 0 Å². The van der Waals surface area contributed by atoms with Gasteiger partial charge in [0.2, 0.25) is 0 Å². The van der Waals surface area contributed by atoms with Crippen molar-refractivity contribution in [2.24, 2.45) is 0 Å². The van der Waals surface area contributed by atoms with E-state index in [-0.39, 0.29) is 9.37 Å². The number of benzene rings is 1. The molecule has 0 saturated carbocycles. The van der Waals surface area contributed by atoms with Crippen LogP contribution >= 0.6 is 42.5 Å². The first-order chi connectivity index (χ1) is 5.82. The van der Waals surface area contributed by atoms with E-state index in [9.17, 15) is 12.8 Å². The molecule has 13 heavy (non-hydrogen) atoms. The molecule has 0 atom stereocenters. The maximum atomic E-state index is 12.8. The quantitative estimate of drug-likeness (QED) is 0.574. The Labute approximate surface area is 95.8 Å². The molecule has 0 aliphatic rings. The third-order valence-corrected chi connectivity index (χ3v) is 4.84. The fourth-order valence-corrected chi connectivity index (χ4v) is 3.36. The van der Waals surface area contributed by atoms with E-state index >= 15 is 0 Å². The molecule has 0 N–H and O–H groups in total. The van der Waals surface area contributed by atoms with Gasteiger partial charge in [0, 0.05) is 15.2 Å². The van der Waals surface area contributed by atoms with Gasteiger partial charge in [-0.25, -0.2) is 12.8 Å². The topological polar surface area (TPSA) is 34.1 Å². The Morgan fingerprint density at radius 2 is 1.85 bits per heavy atom. The third kappa shape index (κ3) is 2.65. The molecule has 1 aromatic rings. The van der Waals surface area contributed by atoms with Crippen LogP contribution in [-0.2, 0) is 9.05 Å². The molecule has 0 saturated heterocycles. The van der Waals surface area contributed by atoms with Crippen molar-refractivity contribution in [1.29, 1.82) is 0 Å². The van der Waals surface area contributed by atoms with Gasteiger partial charge in [0.15, 0.2) is 0 Å². The van der Waals surface area contributed by atoms with E-state index in [0.29, 0.717) is 4.47 Å². The summed E-state index contributed by atoms with van der Waals surface area (Å²) in [5, 5.41) is 0. The predicted molar refractivity (Wildman–Crippen MR) is 54.8 cm³/mol. The molecule has 0 spiro atoms. The maximum absolute atomic E-state index is 12.8. The minimum absolute atomic E-state index is 0.212. The second-order valence-corrected chi connectivity index (χ2v) is 6.32. The van der Waals surface area contributed by atoms with Crippen molar-refractivity contribution in [3.05, 3.63) is 26.9 Å². The van der Waals surface area contributed by atoms with Crippen molar-refractivity contribution in [1.82, 2.24) is 0 Å². The normalized spacial score (nSPS) is 11.7. The molecule has 0 heterocycles. The summed E-state index contributed by atoms with van der Waals surface area (Å²) in [7, 11) is 1.14. The highest BCUT2D eigenvalue weighted by molar-refractivity contribution is 9.13. The van der Waals surface area contributed by atoms with Crippen molar-refractivity contribution in [2.75, 3.05) is 0 Å². The van der Waals surface area contributed by atoms with Gasteiger partial charge < -0.3 is 0 Å².